The lowest BCUT2D eigenvalue weighted by molar-refractivity contribution is 0.0691. The summed E-state index contributed by atoms with van der Waals surface area (Å²) in [7, 11) is 3.00. The minimum Gasteiger partial charge on any atom is -0.480 e. The number of methoxy groups -OCH3 is 2. The highest BCUT2D eigenvalue weighted by molar-refractivity contribution is 5.89. The molecular formula is C10H14N2O4. The molecule has 0 amide bonds. The standard InChI is InChI=1S/C10H14N2O4/c1-15-5-3-4-8-11-6-7(10(13)14)9(12-8)16-2/h6H,3-5H2,1-2H3,(H,13,14). The molecule has 0 radical (unpaired) electrons. The van der Waals surface area contributed by atoms with Crippen molar-refractivity contribution in [3.63, 3.8) is 0 Å². The Balaban J connectivity index is 2.78. The minimum absolute atomic E-state index is 0.0296. The van der Waals surface area contributed by atoms with E-state index in [0.717, 1.165) is 6.42 Å². The van der Waals surface area contributed by atoms with E-state index in [9.17, 15) is 4.79 Å². The van der Waals surface area contributed by atoms with E-state index in [-0.39, 0.29) is 11.4 Å². The van der Waals surface area contributed by atoms with Crippen molar-refractivity contribution < 1.29 is 19.4 Å². The Labute approximate surface area is 93.2 Å². The lowest BCUT2D eigenvalue weighted by Crippen LogP contribution is -2.07. The number of ether oxygens (including phenoxy) is 2. The van der Waals surface area contributed by atoms with Crippen molar-refractivity contribution >= 4 is 5.97 Å². The highest BCUT2D eigenvalue weighted by Crippen LogP contribution is 2.14. The van der Waals surface area contributed by atoms with Gasteiger partial charge in [-0.25, -0.2) is 9.78 Å². The first kappa shape index (κ1) is 12.4. The Morgan fingerprint density at radius 1 is 1.50 bits per heavy atom. The SMILES string of the molecule is COCCCc1ncc(C(=O)O)c(OC)n1. The maximum atomic E-state index is 10.8. The summed E-state index contributed by atoms with van der Waals surface area (Å²) < 4.78 is 9.79. The molecule has 0 atom stereocenters. The number of rotatable bonds is 6. The van der Waals surface area contributed by atoms with E-state index in [4.69, 9.17) is 14.6 Å². The molecule has 1 N–H and O–H groups in total. The Morgan fingerprint density at radius 2 is 2.25 bits per heavy atom. The van der Waals surface area contributed by atoms with Gasteiger partial charge < -0.3 is 14.6 Å². The van der Waals surface area contributed by atoms with Crippen molar-refractivity contribution in [2.75, 3.05) is 20.8 Å². The largest absolute Gasteiger partial charge is 0.480 e. The van der Waals surface area contributed by atoms with Gasteiger partial charge in [0.05, 0.1) is 7.11 Å². The Morgan fingerprint density at radius 3 is 2.81 bits per heavy atom. The van der Waals surface area contributed by atoms with Gasteiger partial charge >= 0.3 is 5.97 Å². The smallest absolute Gasteiger partial charge is 0.342 e. The fourth-order valence-electron chi connectivity index (χ4n) is 1.20. The Kier molecular flexibility index (Phi) is 4.65. The van der Waals surface area contributed by atoms with Gasteiger partial charge in [0.1, 0.15) is 11.4 Å². The zero-order valence-electron chi connectivity index (χ0n) is 9.27. The lowest BCUT2D eigenvalue weighted by Gasteiger charge is -2.05. The summed E-state index contributed by atoms with van der Waals surface area (Å²) in [6, 6.07) is 0. The number of carbonyl (C=O) groups is 1. The number of carboxylic acids is 1. The summed E-state index contributed by atoms with van der Waals surface area (Å²) in [5.74, 6) is -0.450. The van der Waals surface area contributed by atoms with E-state index in [1.807, 2.05) is 0 Å². The zero-order valence-corrected chi connectivity index (χ0v) is 9.27. The molecule has 1 rings (SSSR count). The van der Waals surface area contributed by atoms with Crippen LogP contribution in [0.15, 0.2) is 6.20 Å². The molecule has 0 spiro atoms. The van der Waals surface area contributed by atoms with Crippen LogP contribution >= 0.6 is 0 Å². The molecule has 6 heteroatoms. The van der Waals surface area contributed by atoms with Crippen molar-refractivity contribution in [2.45, 2.75) is 12.8 Å². The normalized spacial score (nSPS) is 10.1. The predicted molar refractivity (Wildman–Crippen MR) is 55.7 cm³/mol. The number of carboxylic acid groups (broad SMARTS) is 1. The second-order valence-electron chi connectivity index (χ2n) is 3.11. The topological polar surface area (TPSA) is 81.5 Å². The highest BCUT2D eigenvalue weighted by Gasteiger charge is 2.13. The molecule has 1 heterocycles. The molecule has 0 unspecified atom stereocenters. The molecule has 0 saturated heterocycles. The summed E-state index contributed by atoms with van der Waals surface area (Å²) in [5.41, 5.74) is -0.0296. The maximum absolute atomic E-state index is 10.8. The maximum Gasteiger partial charge on any atom is 0.342 e. The third-order valence-electron chi connectivity index (χ3n) is 1.98. The van der Waals surface area contributed by atoms with Gasteiger partial charge in [0, 0.05) is 26.3 Å². The summed E-state index contributed by atoms with van der Waals surface area (Å²) in [5, 5.41) is 8.82. The van der Waals surface area contributed by atoms with Crippen LogP contribution in [0.3, 0.4) is 0 Å². The van der Waals surface area contributed by atoms with Crippen molar-refractivity contribution in [1.82, 2.24) is 9.97 Å². The molecule has 16 heavy (non-hydrogen) atoms. The van der Waals surface area contributed by atoms with Crippen LogP contribution in [0.5, 0.6) is 5.88 Å². The van der Waals surface area contributed by atoms with Crippen LogP contribution in [0.4, 0.5) is 0 Å². The number of aryl methyl sites for hydroxylation is 1. The average molecular weight is 226 g/mol. The van der Waals surface area contributed by atoms with Gasteiger partial charge in [0.15, 0.2) is 0 Å². The van der Waals surface area contributed by atoms with Gasteiger partial charge in [-0.05, 0) is 6.42 Å². The first-order chi connectivity index (χ1) is 7.69. The Hall–Kier alpha value is -1.69. The monoisotopic (exact) mass is 226 g/mol. The van der Waals surface area contributed by atoms with Crippen LogP contribution in [-0.2, 0) is 11.2 Å². The average Bonchev–Trinajstić information content (AvgIpc) is 2.29. The van der Waals surface area contributed by atoms with Crippen LogP contribution in [0.25, 0.3) is 0 Å². The molecule has 0 aromatic carbocycles. The molecule has 6 nitrogen and oxygen atoms in total. The zero-order chi connectivity index (χ0) is 12.0. The number of aromatic carboxylic acids is 1. The minimum atomic E-state index is -1.10. The van der Waals surface area contributed by atoms with Crippen molar-refractivity contribution in [3.8, 4) is 5.88 Å². The first-order valence-corrected chi connectivity index (χ1v) is 4.81. The van der Waals surface area contributed by atoms with E-state index >= 15 is 0 Å². The van der Waals surface area contributed by atoms with E-state index < -0.39 is 5.97 Å². The van der Waals surface area contributed by atoms with Gasteiger partial charge in [-0.1, -0.05) is 0 Å². The quantitative estimate of drug-likeness (QED) is 0.721. The number of hydrogen-bond donors (Lipinski definition) is 1. The van der Waals surface area contributed by atoms with Gasteiger partial charge in [-0.2, -0.15) is 4.98 Å². The predicted octanol–water partition coefficient (Wildman–Crippen LogP) is 0.762. The van der Waals surface area contributed by atoms with Crippen molar-refractivity contribution in [2.24, 2.45) is 0 Å². The molecule has 1 aromatic heterocycles. The number of nitrogens with zero attached hydrogens (tertiary/aromatic N) is 2. The molecule has 0 fully saturated rings. The molecule has 0 aliphatic heterocycles. The summed E-state index contributed by atoms with van der Waals surface area (Å²) >= 11 is 0. The lowest BCUT2D eigenvalue weighted by atomic mass is 10.3. The molecule has 0 aliphatic rings. The highest BCUT2D eigenvalue weighted by atomic mass is 16.5. The van der Waals surface area contributed by atoms with Gasteiger partial charge in [0.25, 0.3) is 0 Å². The van der Waals surface area contributed by atoms with Crippen molar-refractivity contribution in [1.29, 1.82) is 0 Å². The van der Waals surface area contributed by atoms with E-state index in [1.165, 1.54) is 13.3 Å². The third-order valence-corrected chi connectivity index (χ3v) is 1.98. The van der Waals surface area contributed by atoms with E-state index in [0.29, 0.717) is 18.9 Å². The molecule has 0 aliphatic carbocycles. The van der Waals surface area contributed by atoms with Crippen LogP contribution in [0, 0.1) is 0 Å². The second kappa shape index (κ2) is 6.02. The molecule has 88 valence electrons. The molecule has 0 saturated carbocycles. The molecular weight excluding hydrogens is 212 g/mol. The second-order valence-corrected chi connectivity index (χ2v) is 3.11. The molecule has 1 aromatic rings. The van der Waals surface area contributed by atoms with Crippen LogP contribution < -0.4 is 4.74 Å². The van der Waals surface area contributed by atoms with Crippen LogP contribution in [0.1, 0.15) is 22.6 Å². The van der Waals surface area contributed by atoms with Crippen LogP contribution in [0.2, 0.25) is 0 Å². The van der Waals surface area contributed by atoms with Gasteiger partial charge in [-0.3, -0.25) is 0 Å². The van der Waals surface area contributed by atoms with Gasteiger partial charge in [0.2, 0.25) is 5.88 Å². The van der Waals surface area contributed by atoms with E-state index in [2.05, 4.69) is 9.97 Å². The summed E-state index contributed by atoms with van der Waals surface area (Å²) in [6.45, 7) is 0.617. The number of aromatic nitrogens is 2. The Bertz CT molecular complexity index is 368. The van der Waals surface area contributed by atoms with Gasteiger partial charge in [-0.15, -0.1) is 0 Å². The summed E-state index contributed by atoms with van der Waals surface area (Å²) in [4.78, 5) is 18.7. The number of hydrogen-bond acceptors (Lipinski definition) is 5. The fourth-order valence-corrected chi connectivity index (χ4v) is 1.20. The van der Waals surface area contributed by atoms with Crippen molar-refractivity contribution in [3.05, 3.63) is 17.6 Å². The van der Waals surface area contributed by atoms with E-state index in [1.54, 1.807) is 7.11 Å². The molecule has 0 bridgehead atoms. The third kappa shape index (κ3) is 3.16. The fraction of sp³-hybridized carbons (Fsp3) is 0.500. The summed E-state index contributed by atoms with van der Waals surface area (Å²) in [6.07, 6.45) is 2.67. The van der Waals surface area contributed by atoms with Crippen LogP contribution in [-0.4, -0.2) is 41.9 Å². The first-order valence-electron chi connectivity index (χ1n) is 4.81.